The fourth-order valence-electron chi connectivity index (χ4n) is 3.91. The van der Waals surface area contributed by atoms with Crippen LogP contribution in [0.25, 0.3) is 0 Å². The lowest BCUT2D eigenvalue weighted by atomic mass is 9.87. The van der Waals surface area contributed by atoms with Crippen molar-refractivity contribution in [2.45, 2.75) is 64.1 Å². The van der Waals surface area contributed by atoms with E-state index in [4.69, 9.17) is 4.74 Å². The smallest absolute Gasteiger partial charge is 0.410 e. The summed E-state index contributed by atoms with van der Waals surface area (Å²) in [6.07, 6.45) is 1.98. The Kier molecular flexibility index (Phi) is 5.99. The van der Waals surface area contributed by atoms with Crippen LogP contribution in [-0.2, 0) is 9.53 Å². The second-order valence-corrected chi connectivity index (χ2v) is 8.32. The fourth-order valence-corrected chi connectivity index (χ4v) is 3.91. The Morgan fingerprint density at radius 3 is 2.24 bits per heavy atom. The van der Waals surface area contributed by atoms with E-state index in [9.17, 15) is 14.7 Å². The van der Waals surface area contributed by atoms with E-state index in [-0.39, 0.29) is 12.6 Å². The first-order valence-corrected chi connectivity index (χ1v) is 9.25. The highest BCUT2D eigenvalue weighted by Gasteiger charge is 2.51. The normalized spacial score (nSPS) is 27.3. The zero-order valence-corrected chi connectivity index (χ0v) is 16.2. The van der Waals surface area contributed by atoms with E-state index in [2.05, 4.69) is 16.8 Å². The molecule has 25 heavy (non-hydrogen) atoms. The predicted octanol–water partition coefficient (Wildman–Crippen LogP) is 1.87. The molecule has 2 aliphatic heterocycles. The summed E-state index contributed by atoms with van der Waals surface area (Å²) in [4.78, 5) is 30.7. The van der Waals surface area contributed by atoms with Crippen molar-refractivity contribution >= 4 is 12.1 Å². The van der Waals surface area contributed by atoms with Gasteiger partial charge in [-0.25, -0.2) is 4.79 Å². The maximum atomic E-state index is 12.5. The first kappa shape index (κ1) is 20.0. The molecule has 1 amide bonds. The molecule has 2 rings (SSSR count). The van der Waals surface area contributed by atoms with Gasteiger partial charge < -0.3 is 19.6 Å². The highest BCUT2D eigenvalue weighted by molar-refractivity contribution is 5.81. The summed E-state index contributed by atoms with van der Waals surface area (Å²) in [5.74, 6) is -0.845. The van der Waals surface area contributed by atoms with Crippen molar-refractivity contribution in [3.8, 4) is 0 Å². The largest absolute Gasteiger partial charge is 0.480 e. The minimum atomic E-state index is -1.03. The molecule has 2 heterocycles. The van der Waals surface area contributed by atoms with E-state index in [1.54, 1.807) is 4.90 Å². The van der Waals surface area contributed by atoms with Gasteiger partial charge in [-0.2, -0.15) is 0 Å². The third-order valence-corrected chi connectivity index (χ3v) is 5.38. The summed E-state index contributed by atoms with van der Waals surface area (Å²) < 4.78 is 5.46. The van der Waals surface area contributed by atoms with Crippen LogP contribution in [0.3, 0.4) is 0 Å². The molecule has 0 saturated carbocycles. The van der Waals surface area contributed by atoms with Gasteiger partial charge in [-0.3, -0.25) is 9.69 Å². The Balaban J connectivity index is 2.18. The first-order valence-electron chi connectivity index (χ1n) is 9.25. The van der Waals surface area contributed by atoms with Gasteiger partial charge in [0.1, 0.15) is 11.1 Å². The molecule has 144 valence electrons. The Bertz CT molecular complexity index is 497. The minimum absolute atomic E-state index is 0.181. The molecule has 1 atom stereocenters. The van der Waals surface area contributed by atoms with Crippen LogP contribution in [0.2, 0.25) is 0 Å². The summed E-state index contributed by atoms with van der Waals surface area (Å²) in [5.41, 5.74) is -1.62. The molecule has 0 aliphatic carbocycles. The third-order valence-electron chi connectivity index (χ3n) is 5.38. The molecule has 2 fully saturated rings. The molecule has 0 aromatic rings. The minimum Gasteiger partial charge on any atom is -0.480 e. The number of ether oxygens (including phenoxy) is 1. The van der Waals surface area contributed by atoms with Crippen LogP contribution < -0.4 is 0 Å². The number of likely N-dealkylation sites (tertiary alicyclic amines) is 1. The standard InChI is InChI=1S/C18H33N3O4/c1-6-18(15(22)23)13-20(16(24)25-17(2,3)4)11-12-21(18)14-7-9-19(5)10-8-14/h14H,6-13H2,1-5H3,(H,22,23)/t18-/m0/s1. The quantitative estimate of drug-likeness (QED) is 0.833. The van der Waals surface area contributed by atoms with Gasteiger partial charge in [0, 0.05) is 19.1 Å². The molecule has 0 bridgehead atoms. The van der Waals surface area contributed by atoms with E-state index < -0.39 is 23.2 Å². The lowest BCUT2D eigenvalue weighted by Crippen LogP contribution is -2.69. The van der Waals surface area contributed by atoms with Crippen LogP contribution in [0, 0.1) is 0 Å². The average molecular weight is 355 g/mol. The number of amides is 1. The molecule has 2 aliphatic rings. The Hall–Kier alpha value is -1.34. The van der Waals surface area contributed by atoms with Gasteiger partial charge in [-0.05, 0) is 60.2 Å². The molecule has 7 nitrogen and oxygen atoms in total. The van der Waals surface area contributed by atoms with Crippen LogP contribution in [0.1, 0.15) is 47.0 Å². The number of piperidine rings is 1. The van der Waals surface area contributed by atoms with Gasteiger partial charge in [0.05, 0.1) is 6.54 Å². The van der Waals surface area contributed by atoms with Crippen molar-refractivity contribution in [2.24, 2.45) is 0 Å². The van der Waals surface area contributed by atoms with Crippen LogP contribution >= 0.6 is 0 Å². The van der Waals surface area contributed by atoms with E-state index >= 15 is 0 Å². The van der Waals surface area contributed by atoms with Gasteiger partial charge in [0.15, 0.2) is 0 Å². The molecule has 0 aromatic carbocycles. The van der Waals surface area contributed by atoms with Crippen molar-refractivity contribution in [1.82, 2.24) is 14.7 Å². The predicted molar refractivity (Wildman–Crippen MR) is 95.7 cm³/mol. The zero-order chi connectivity index (χ0) is 18.8. The Morgan fingerprint density at radius 2 is 1.76 bits per heavy atom. The first-order chi connectivity index (χ1) is 11.6. The maximum Gasteiger partial charge on any atom is 0.410 e. The number of carbonyl (C=O) groups is 2. The summed E-state index contributed by atoms with van der Waals surface area (Å²) in [7, 11) is 2.10. The number of carbonyl (C=O) groups excluding carboxylic acids is 1. The third kappa shape index (κ3) is 4.44. The van der Waals surface area contributed by atoms with Crippen molar-refractivity contribution in [2.75, 3.05) is 39.8 Å². The molecular formula is C18H33N3O4. The summed E-state index contributed by atoms with van der Waals surface area (Å²) in [5, 5.41) is 10.0. The summed E-state index contributed by atoms with van der Waals surface area (Å²) in [6.45, 7) is 10.6. The van der Waals surface area contributed by atoms with Gasteiger partial charge in [-0.1, -0.05) is 6.92 Å². The number of carboxylic acids is 1. The number of hydrogen-bond acceptors (Lipinski definition) is 5. The molecule has 0 aromatic heterocycles. The van der Waals surface area contributed by atoms with E-state index in [0.29, 0.717) is 19.5 Å². The molecular weight excluding hydrogens is 322 g/mol. The van der Waals surface area contributed by atoms with Crippen LogP contribution in [0.4, 0.5) is 4.79 Å². The van der Waals surface area contributed by atoms with E-state index in [0.717, 1.165) is 25.9 Å². The van der Waals surface area contributed by atoms with Gasteiger partial charge in [-0.15, -0.1) is 0 Å². The van der Waals surface area contributed by atoms with Crippen molar-refractivity contribution in [3.05, 3.63) is 0 Å². The molecule has 0 unspecified atom stereocenters. The van der Waals surface area contributed by atoms with Gasteiger partial charge >= 0.3 is 12.1 Å². The lowest BCUT2D eigenvalue weighted by molar-refractivity contribution is -0.160. The van der Waals surface area contributed by atoms with Crippen molar-refractivity contribution in [3.63, 3.8) is 0 Å². The molecule has 0 spiro atoms. The lowest BCUT2D eigenvalue weighted by Gasteiger charge is -2.52. The number of hydrogen-bond donors (Lipinski definition) is 1. The average Bonchev–Trinajstić information content (AvgIpc) is 2.53. The molecule has 2 saturated heterocycles. The van der Waals surface area contributed by atoms with Crippen molar-refractivity contribution in [1.29, 1.82) is 0 Å². The summed E-state index contributed by atoms with van der Waals surface area (Å²) >= 11 is 0. The number of nitrogens with zero attached hydrogens (tertiary/aromatic N) is 3. The number of carboxylic acid groups (broad SMARTS) is 1. The topological polar surface area (TPSA) is 73.3 Å². The Labute approximate surface area is 150 Å². The monoisotopic (exact) mass is 355 g/mol. The maximum absolute atomic E-state index is 12.5. The van der Waals surface area contributed by atoms with Crippen LogP contribution in [0.5, 0.6) is 0 Å². The van der Waals surface area contributed by atoms with Crippen LogP contribution in [-0.4, -0.2) is 88.8 Å². The van der Waals surface area contributed by atoms with Gasteiger partial charge in [0.2, 0.25) is 0 Å². The van der Waals surface area contributed by atoms with E-state index in [1.165, 1.54) is 0 Å². The highest BCUT2D eigenvalue weighted by Crippen LogP contribution is 2.32. The zero-order valence-electron chi connectivity index (χ0n) is 16.2. The molecule has 0 radical (unpaired) electrons. The Morgan fingerprint density at radius 1 is 1.16 bits per heavy atom. The van der Waals surface area contributed by atoms with Crippen molar-refractivity contribution < 1.29 is 19.4 Å². The van der Waals surface area contributed by atoms with Gasteiger partial charge in [0.25, 0.3) is 0 Å². The molecule has 7 heteroatoms. The highest BCUT2D eigenvalue weighted by atomic mass is 16.6. The SMILES string of the molecule is CC[C@@]1(C(=O)O)CN(C(=O)OC(C)(C)C)CCN1C1CCN(C)CC1. The second-order valence-electron chi connectivity index (χ2n) is 8.32. The number of piperazine rings is 1. The fraction of sp³-hybridized carbons (Fsp3) is 0.889. The van der Waals surface area contributed by atoms with Crippen LogP contribution in [0.15, 0.2) is 0 Å². The molecule has 1 N–H and O–H groups in total. The second kappa shape index (κ2) is 7.50. The summed E-state index contributed by atoms with van der Waals surface area (Å²) in [6, 6.07) is 0.257. The number of aliphatic carboxylic acids is 1. The van der Waals surface area contributed by atoms with E-state index in [1.807, 2.05) is 27.7 Å². The number of rotatable bonds is 3.